The molecule has 2 rings (SSSR count). The van der Waals surface area contributed by atoms with Crippen molar-refractivity contribution in [1.29, 1.82) is 5.26 Å². The van der Waals surface area contributed by atoms with E-state index in [-0.39, 0.29) is 5.75 Å². The Kier molecular flexibility index (Phi) is 2.59. The van der Waals surface area contributed by atoms with Gasteiger partial charge in [-0.25, -0.2) is 0 Å². The fraction of sp³-hybridized carbons (Fsp3) is 0.0833. The zero-order valence-corrected chi connectivity index (χ0v) is 9.36. The van der Waals surface area contributed by atoms with Crippen molar-refractivity contribution in [2.75, 3.05) is 0 Å². The molecule has 16 heavy (non-hydrogen) atoms. The van der Waals surface area contributed by atoms with Crippen LogP contribution in [0.2, 0.25) is 5.02 Å². The number of hydrogen-bond donors (Lipinski definition) is 1. The maximum atomic E-state index is 9.26. The lowest BCUT2D eigenvalue weighted by molar-refractivity contribution is 0.475. The molecule has 4 heteroatoms. The van der Waals surface area contributed by atoms with E-state index >= 15 is 0 Å². The molecule has 0 fully saturated rings. The van der Waals surface area contributed by atoms with Crippen molar-refractivity contribution in [3.63, 3.8) is 0 Å². The number of halogens is 1. The maximum absolute atomic E-state index is 9.26. The molecular weight excluding hydrogens is 224 g/mol. The third kappa shape index (κ3) is 1.64. The van der Waals surface area contributed by atoms with Gasteiger partial charge in [0.2, 0.25) is 0 Å². The highest BCUT2D eigenvalue weighted by molar-refractivity contribution is 6.33. The van der Waals surface area contributed by atoms with E-state index in [0.717, 1.165) is 11.3 Å². The number of phenolic OH excluding ortho intramolecular Hbond substituents is 1. The molecule has 0 amide bonds. The first-order valence-electron chi connectivity index (χ1n) is 4.68. The third-order valence-electron chi connectivity index (χ3n) is 2.46. The van der Waals surface area contributed by atoms with Gasteiger partial charge in [0.25, 0.3) is 0 Å². The average molecular weight is 233 g/mol. The number of aromatic hydroxyl groups is 1. The Hall–Kier alpha value is -1.92. The van der Waals surface area contributed by atoms with Crippen molar-refractivity contribution in [3.05, 3.63) is 41.0 Å². The van der Waals surface area contributed by atoms with Crippen LogP contribution in [0.1, 0.15) is 5.69 Å². The van der Waals surface area contributed by atoms with Crippen molar-refractivity contribution in [2.45, 2.75) is 0 Å². The first-order chi connectivity index (χ1) is 7.63. The molecule has 0 saturated carbocycles. The first-order valence-corrected chi connectivity index (χ1v) is 5.06. The summed E-state index contributed by atoms with van der Waals surface area (Å²) in [5.74, 6) is 0.128. The van der Waals surface area contributed by atoms with Crippen LogP contribution < -0.4 is 0 Å². The van der Waals surface area contributed by atoms with E-state index in [9.17, 15) is 5.11 Å². The minimum atomic E-state index is 0.128. The molecule has 1 N–H and O–H groups in total. The summed E-state index contributed by atoms with van der Waals surface area (Å²) in [6.07, 6.45) is 0. The molecule has 1 aromatic carbocycles. The molecule has 3 nitrogen and oxygen atoms in total. The topological polar surface area (TPSA) is 49.0 Å². The summed E-state index contributed by atoms with van der Waals surface area (Å²) in [5, 5.41) is 18.6. The molecule has 0 aliphatic carbocycles. The van der Waals surface area contributed by atoms with Gasteiger partial charge in [-0.05, 0) is 30.3 Å². The van der Waals surface area contributed by atoms with Crippen molar-refractivity contribution in [3.8, 4) is 23.1 Å². The van der Waals surface area contributed by atoms with E-state index in [2.05, 4.69) is 6.07 Å². The Balaban J connectivity index is 2.60. The summed E-state index contributed by atoms with van der Waals surface area (Å²) in [5.41, 5.74) is 2.21. The van der Waals surface area contributed by atoms with E-state index in [1.54, 1.807) is 29.8 Å². The van der Waals surface area contributed by atoms with Crippen LogP contribution >= 0.6 is 11.6 Å². The molecular formula is C12H9ClN2O. The number of nitriles is 1. The third-order valence-corrected chi connectivity index (χ3v) is 2.78. The SMILES string of the molecule is Cn1c(C#N)ccc1-c1ccc(O)cc1Cl. The van der Waals surface area contributed by atoms with Crippen molar-refractivity contribution < 1.29 is 5.11 Å². The molecule has 2 aromatic rings. The monoisotopic (exact) mass is 232 g/mol. The molecule has 0 aliphatic rings. The second-order valence-corrected chi connectivity index (χ2v) is 3.85. The largest absolute Gasteiger partial charge is 0.508 e. The summed E-state index contributed by atoms with van der Waals surface area (Å²) >= 11 is 6.03. The Morgan fingerprint density at radius 1 is 1.31 bits per heavy atom. The minimum Gasteiger partial charge on any atom is -0.508 e. The molecule has 0 aliphatic heterocycles. The molecule has 0 spiro atoms. The summed E-state index contributed by atoms with van der Waals surface area (Å²) in [4.78, 5) is 0. The van der Waals surface area contributed by atoms with Crippen LogP contribution in [0, 0.1) is 11.3 Å². The lowest BCUT2D eigenvalue weighted by Crippen LogP contribution is -1.94. The van der Waals surface area contributed by atoms with Gasteiger partial charge in [-0.2, -0.15) is 5.26 Å². The highest BCUT2D eigenvalue weighted by Gasteiger charge is 2.10. The van der Waals surface area contributed by atoms with Gasteiger partial charge in [0, 0.05) is 12.6 Å². The van der Waals surface area contributed by atoms with Gasteiger partial charge < -0.3 is 9.67 Å². The van der Waals surface area contributed by atoms with Crippen molar-refractivity contribution in [2.24, 2.45) is 7.05 Å². The number of nitrogens with zero attached hydrogens (tertiary/aromatic N) is 2. The molecule has 0 unspecified atom stereocenters. The lowest BCUT2D eigenvalue weighted by atomic mass is 10.1. The van der Waals surface area contributed by atoms with Crippen LogP contribution in [0.3, 0.4) is 0 Å². The Bertz CT molecular complexity index is 581. The van der Waals surface area contributed by atoms with E-state index in [1.165, 1.54) is 6.07 Å². The first kappa shape index (κ1) is 10.6. The van der Waals surface area contributed by atoms with E-state index in [1.807, 2.05) is 6.07 Å². The molecule has 0 saturated heterocycles. The normalized spacial score (nSPS) is 10.1. The molecule has 0 atom stereocenters. The van der Waals surface area contributed by atoms with Gasteiger partial charge in [0.05, 0.1) is 10.7 Å². The zero-order valence-electron chi connectivity index (χ0n) is 8.61. The van der Waals surface area contributed by atoms with E-state index in [4.69, 9.17) is 16.9 Å². The maximum Gasteiger partial charge on any atom is 0.120 e. The Morgan fingerprint density at radius 3 is 2.62 bits per heavy atom. The van der Waals surface area contributed by atoms with Gasteiger partial charge >= 0.3 is 0 Å². The summed E-state index contributed by atoms with van der Waals surface area (Å²) in [7, 11) is 1.80. The zero-order chi connectivity index (χ0) is 11.7. The second-order valence-electron chi connectivity index (χ2n) is 3.44. The van der Waals surface area contributed by atoms with Crippen LogP contribution in [0.4, 0.5) is 0 Å². The predicted molar refractivity (Wildman–Crippen MR) is 62.2 cm³/mol. The van der Waals surface area contributed by atoms with Crippen LogP contribution in [-0.4, -0.2) is 9.67 Å². The van der Waals surface area contributed by atoms with Crippen LogP contribution in [0.25, 0.3) is 11.3 Å². The molecule has 0 bridgehead atoms. The molecule has 0 radical (unpaired) electrons. The number of aromatic nitrogens is 1. The average Bonchev–Trinajstić information content (AvgIpc) is 2.60. The summed E-state index contributed by atoms with van der Waals surface area (Å²) < 4.78 is 1.76. The Labute approximate surface area is 98.1 Å². The highest BCUT2D eigenvalue weighted by atomic mass is 35.5. The van der Waals surface area contributed by atoms with Crippen molar-refractivity contribution >= 4 is 11.6 Å². The minimum absolute atomic E-state index is 0.128. The number of benzene rings is 1. The summed E-state index contributed by atoms with van der Waals surface area (Å²) in [6.45, 7) is 0. The fourth-order valence-electron chi connectivity index (χ4n) is 1.61. The molecule has 1 heterocycles. The van der Waals surface area contributed by atoms with Crippen LogP contribution in [-0.2, 0) is 7.05 Å². The highest BCUT2D eigenvalue weighted by Crippen LogP contribution is 2.31. The molecule has 80 valence electrons. The van der Waals surface area contributed by atoms with Gasteiger partial charge in [0.15, 0.2) is 0 Å². The van der Waals surface area contributed by atoms with Gasteiger partial charge in [-0.3, -0.25) is 0 Å². The van der Waals surface area contributed by atoms with Crippen LogP contribution in [0.5, 0.6) is 5.75 Å². The predicted octanol–water partition coefficient (Wildman–Crippen LogP) is 2.92. The lowest BCUT2D eigenvalue weighted by Gasteiger charge is -2.06. The van der Waals surface area contributed by atoms with Gasteiger partial charge in [0.1, 0.15) is 17.5 Å². The number of hydrogen-bond acceptors (Lipinski definition) is 2. The fourth-order valence-corrected chi connectivity index (χ4v) is 1.88. The van der Waals surface area contributed by atoms with E-state index < -0.39 is 0 Å². The van der Waals surface area contributed by atoms with Gasteiger partial charge in [-0.1, -0.05) is 11.6 Å². The van der Waals surface area contributed by atoms with Gasteiger partial charge in [-0.15, -0.1) is 0 Å². The van der Waals surface area contributed by atoms with Crippen LogP contribution in [0.15, 0.2) is 30.3 Å². The quantitative estimate of drug-likeness (QED) is 0.822. The van der Waals surface area contributed by atoms with Crippen molar-refractivity contribution in [1.82, 2.24) is 4.57 Å². The van der Waals surface area contributed by atoms with E-state index in [0.29, 0.717) is 10.7 Å². The standard InChI is InChI=1S/C12H9ClN2O/c1-15-8(7-14)2-5-12(15)10-4-3-9(16)6-11(10)13/h2-6,16H,1H3. The molecule has 1 aromatic heterocycles. The second kappa shape index (κ2) is 3.92. The smallest absolute Gasteiger partial charge is 0.120 e. The number of phenols is 1. The number of rotatable bonds is 1. The summed E-state index contributed by atoms with van der Waals surface area (Å²) in [6, 6.07) is 10.4. The Morgan fingerprint density at radius 2 is 2.06 bits per heavy atom.